The van der Waals surface area contributed by atoms with Gasteiger partial charge in [0.15, 0.2) is 0 Å². The minimum atomic E-state index is 0.749. The van der Waals surface area contributed by atoms with Crippen molar-refractivity contribution >= 4 is 23.4 Å². The second kappa shape index (κ2) is 7.42. The topological polar surface area (TPSA) is 12.0 Å². The van der Waals surface area contributed by atoms with Crippen LogP contribution in [0.5, 0.6) is 0 Å². The first-order valence-corrected chi connectivity index (χ1v) is 8.52. The van der Waals surface area contributed by atoms with Gasteiger partial charge in [-0.25, -0.2) is 0 Å². The lowest BCUT2D eigenvalue weighted by Gasteiger charge is -2.17. The number of hydrogen-bond acceptors (Lipinski definition) is 2. The van der Waals surface area contributed by atoms with Crippen molar-refractivity contribution in [2.45, 2.75) is 31.7 Å². The van der Waals surface area contributed by atoms with Gasteiger partial charge in [-0.1, -0.05) is 23.7 Å². The molecular formula is C15H22ClNS. The van der Waals surface area contributed by atoms with Gasteiger partial charge in [0.25, 0.3) is 0 Å². The van der Waals surface area contributed by atoms with Gasteiger partial charge in [-0.05, 0) is 67.9 Å². The highest BCUT2D eigenvalue weighted by Gasteiger charge is 2.21. The van der Waals surface area contributed by atoms with E-state index in [1.807, 2.05) is 23.9 Å². The Labute approximate surface area is 120 Å². The van der Waals surface area contributed by atoms with Gasteiger partial charge in [-0.2, -0.15) is 11.8 Å². The van der Waals surface area contributed by atoms with E-state index in [-0.39, 0.29) is 0 Å². The van der Waals surface area contributed by atoms with Crippen LogP contribution in [0, 0.1) is 5.92 Å². The van der Waals surface area contributed by atoms with Crippen molar-refractivity contribution in [3.63, 3.8) is 0 Å². The Hall–Kier alpha value is -0.180. The van der Waals surface area contributed by atoms with Crippen LogP contribution in [0.15, 0.2) is 24.3 Å². The molecule has 0 aromatic heterocycles. The molecule has 18 heavy (non-hydrogen) atoms. The van der Waals surface area contributed by atoms with Crippen LogP contribution in [-0.2, 0) is 6.42 Å². The first kappa shape index (κ1) is 14.2. The molecule has 0 saturated heterocycles. The molecular weight excluding hydrogens is 262 g/mol. The van der Waals surface area contributed by atoms with E-state index in [2.05, 4.69) is 23.7 Å². The Balaban J connectivity index is 1.83. The largest absolute Gasteiger partial charge is 0.314 e. The van der Waals surface area contributed by atoms with E-state index < -0.39 is 0 Å². The van der Waals surface area contributed by atoms with Gasteiger partial charge in [0.1, 0.15) is 0 Å². The summed E-state index contributed by atoms with van der Waals surface area (Å²) in [6.45, 7) is 1.16. The van der Waals surface area contributed by atoms with Crippen molar-refractivity contribution in [2.75, 3.05) is 18.6 Å². The van der Waals surface area contributed by atoms with Crippen molar-refractivity contribution in [1.29, 1.82) is 0 Å². The molecule has 0 radical (unpaired) electrons. The molecule has 3 heteroatoms. The quantitative estimate of drug-likeness (QED) is 0.774. The maximum atomic E-state index is 5.93. The average molecular weight is 284 g/mol. The summed E-state index contributed by atoms with van der Waals surface area (Å²) >= 11 is 7.87. The number of nitrogens with one attached hydrogen (secondary N) is 1. The van der Waals surface area contributed by atoms with E-state index in [0.29, 0.717) is 0 Å². The summed E-state index contributed by atoms with van der Waals surface area (Å²) in [5.41, 5.74) is 1.41. The second-order valence-electron chi connectivity index (χ2n) is 5.16. The Morgan fingerprint density at radius 3 is 2.67 bits per heavy atom. The monoisotopic (exact) mass is 283 g/mol. The second-order valence-corrected chi connectivity index (χ2v) is 6.58. The van der Waals surface area contributed by atoms with Gasteiger partial charge in [-0.3, -0.25) is 0 Å². The Morgan fingerprint density at radius 2 is 2.06 bits per heavy atom. The number of thioether (sulfide) groups is 1. The number of benzene rings is 1. The highest BCUT2D eigenvalue weighted by Crippen LogP contribution is 2.21. The molecule has 1 unspecified atom stereocenters. The molecule has 2 rings (SSSR count). The molecule has 1 aromatic carbocycles. The third kappa shape index (κ3) is 5.21. The Bertz CT molecular complexity index is 348. The molecule has 0 bridgehead atoms. The molecule has 0 amide bonds. The lowest BCUT2D eigenvalue weighted by Crippen LogP contribution is -2.26. The average Bonchev–Trinajstić information content (AvgIpc) is 3.19. The molecule has 1 saturated carbocycles. The first-order chi connectivity index (χ1) is 8.78. The van der Waals surface area contributed by atoms with Crippen LogP contribution < -0.4 is 5.32 Å². The predicted octanol–water partition coefficient (Wildman–Crippen LogP) is 4.00. The third-order valence-corrected chi connectivity index (χ3v) is 4.34. The zero-order valence-corrected chi connectivity index (χ0v) is 12.6. The van der Waals surface area contributed by atoms with Crippen LogP contribution in [-0.4, -0.2) is 24.6 Å². The SMILES string of the molecule is CSCCC(CNC1CC1)Cc1ccc(Cl)cc1. The number of hydrogen-bond donors (Lipinski definition) is 1. The number of rotatable bonds is 8. The summed E-state index contributed by atoms with van der Waals surface area (Å²) < 4.78 is 0. The molecule has 1 aromatic rings. The van der Waals surface area contributed by atoms with Crippen LogP contribution in [0.25, 0.3) is 0 Å². The summed E-state index contributed by atoms with van der Waals surface area (Å²) in [5, 5.41) is 4.49. The van der Waals surface area contributed by atoms with E-state index >= 15 is 0 Å². The molecule has 0 spiro atoms. The van der Waals surface area contributed by atoms with Crippen LogP contribution in [0.3, 0.4) is 0 Å². The molecule has 1 atom stereocenters. The van der Waals surface area contributed by atoms with Gasteiger partial charge >= 0.3 is 0 Å². The molecule has 1 nitrogen and oxygen atoms in total. The highest BCUT2D eigenvalue weighted by atomic mass is 35.5. The van der Waals surface area contributed by atoms with Crippen molar-refractivity contribution in [2.24, 2.45) is 5.92 Å². The lowest BCUT2D eigenvalue weighted by atomic mass is 9.97. The van der Waals surface area contributed by atoms with Gasteiger partial charge in [0, 0.05) is 11.1 Å². The van der Waals surface area contributed by atoms with Gasteiger partial charge in [0.05, 0.1) is 0 Å². The van der Waals surface area contributed by atoms with E-state index in [4.69, 9.17) is 11.6 Å². The molecule has 1 aliphatic carbocycles. The fourth-order valence-corrected chi connectivity index (χ4v) is 2.83. The van der Waals surface area contributed by atoms with E-state index in [1.54, 1.807) is 0 Å². The molecule has 1 aliphatic rings. The van der Waals surface area contributed by atoms with Crippen LogP contribution in [0.2, 0.25) is 5.02 Å². The Kier molecular flexibility index (Phi) is 5.87. The van der Waals surface area contributed by atoms with E-state index in [9.17, 15) is 0 Å². The summed E-state index contributed by atoms with van der Waals surface area (Å²) in [5.74, 6) is 2.00. The molecule has 1 N–H and O–H groups in total. The summed E-state index contributed by atoms with van der Waals surface area (Å²) in [4.78, 5) is 0. The lowest BCUT2D eigenvalue weighted by molar-refractivity contribution is 0.461. The first-order valence-electron chi connectivity index (χ1n) is 6.74. The molecule has 1 fully saturated rings. The Morgan fingerprint density at radius 1 is 1.33 bits per heavy atom. The van der Waals surface area contributed by atoms with Crippen LogP contribution >= 0.6 is 23.4 Å². The summed E-state index contributed by atoms with van der Waals surface area (Å²) in [6, 6.07) is 9.12. The van der Waals surface area contributed by atoms with Crippen molar-refractivity contribution in [1.82, 2.24) is 5.32 Å². The fourth-order valence-electron chi connectivity index (χ4n) is 2.14. The van der Waals surface area contributed by atoms with Crippen molar-refractivity contribution < 1.29 is 0 Å². The van der Waals surface area contributed by atoms with Crippen molar-refractivity contribution in [3.8, 4) is 0 Å². The molecule has 0 aliphatic heterocycles. The van der Waals surface area contributed by atoms with Gasteiger partial charge < -0.3 is 5.32 Å². The summed E-state index contributed by atoms with van der Waals surface area (Å²) in [6.07, 6.45) is 7.39. The minimum absolute atomic E-state index is 0.749. The predicted molar refractivity (Wildman–Crippen MR) is 82.7 cm³/mol. The standard InChI is InChI=1S/C15H22ClNS/c1-18-9-8-13(11-17-15-6-7-15)10-12-2-4-14(16)5-3-12/h2-5,13,15,17H,6-11H2,1H3. The fraction of sp³-hybridized carbons (Fsp3) is 0.600. The van der Waals surface area contributed by atoms with Gasteiger partial charge in [0.2, 0.25) is 0 Å². The zero-order chi connectivity index (χ0) is 12.8. The smallest absolute Gasteiger partial charge is 0.0406 e. The zero-order valence-electron chi connectivity index (χ0n) is 11.0. The minimum Gasteiger partial charge on any atom is -0.314 e. The third-order valence-electron chi connectivity index (χ3n) is 3.44. The van der Waals surface area contributed by atoms with Gasteiger partial charge in [-0.15, -0.1) is 0 Å². The van der Waals surface area contributed by atoms with E-state index in [1.165, 1.54) is 30.6 Å². The maximum Gasteiger partial charge on any atom is 0.0406 e. The van der Waals surface area contributed by atoms with E-state index in [0.717, 1.165) is 29.9 Å². The van der Waals surface area contributed by atoms with Crippen molar-refractivity contribution in [3.05, 3.63) is 34.9 Å². The number of halogens is 1. The van der Waals surface area contributed by atoms with Crippen LogP contribution in [0.1, 0.15) is 24.8 Å². The maximum absolute atomic E-state index is 5.93. The highest BCUT2D eigenvalue weighted by molar-refractivity contribution is 7.98. The molecule has 100 valence electrons. The van der Waals surface area contributed by atoms with Crippen LogP contribution in [0.4, 0.5) is 0 Å². The normalized spacial score (nSPS) is 16.8. The molecule has 0 heterocycles. The summed E-state index contributed by atoms with van der Waals surface area (Å²) in [7, 11) is 0.